The maximum atomic E-state index is 13.5. The van der Waals surface area contributed by atoms with Gasteiger partial charge in [-0.3, -0.25) is 19.8 Å². The second kappa shape index (κ2) is 14.7. The molecule has 0 aliphatic rings. The Hall–Kier alpha value is -4.13. The van der Waals surface area contributed by atoms with Gasteiger partial charge in [0.25, 0.3) is 0 Å². The van der Waals surface area contributed by atoms with Gasteiger partial charge in [-0.15, -0.1) is 0 Å². The van der Waals surface area contributed by atoms with Crippen molar-refractivity contribution in [3.63, 3.8) is 0 Å². The van der Waals surface area contributed by atoms with Crippen LogP contribution in [0.4, 0.5) is 0 Å². The number of amides is 3. The molecule has 0 aliphatic carbocycles. The third-order valence-electron chi connectivity index (χ3n) is 6.54. The van der Waals surface area contributed by atoms with Crippen LogP contribution in [0.25, 0.3) is 10.9 Å². The Bertz CT molecular complexity index is 1160. The van der Waals surface area contributed by atoms with Gasteiger partial charge in [0.1, 0.15) is 18.1 Å². The van der Waals surface area contributed by atoms with Crippen molar-refractivity contribution < 1.29 is 24.3 Å². The van der Waals surface area contributed by atoms with Crippen LogP contribution >= 0.6 is 0 Å². The molecule has 0 spiro atoms. The number of hydrogen-bond donors (Lipinski definition) is 9. The molecule has 5 atom stereocenters. The third kappa shape index (κ3) is 9.28. The lowest BCUT2D eigenvalue weighted by molar-refractivity contribution is -0.142. The number of nitrogens with one attached hydrogen (secondary N) is 6. The summed E-state index contributed by atoms with van der Waals surface area (Å²) < 4.78 is 0. The second-order valence-corrected chi connectivity index (χ2v) is 9.67. The van der Waals surface area contributed by atoms with E-state index in [-0.39, 0.29) is 31.3 Å². The van der Waals surface area contributed by atoms with E-state index in [0.29, 0.717) is 12.8 Å². The molecule has 0 saturated carbocycles. The molecule has 11 N–H and O–H groups in total. The average Bonchev–Trinajstić information content (AvgIpc) is 3.30. The number of rotatable bonds is 15. The molecule has 1 aromatic heterocycles. The molecular weight excluding hydrogens is 504 g/mol. The number of aliphatic carboxylic acids is 1. The molecule has 1 aromatic carbocycles. The van der Waals surface area contributed by atoms with Gasteiger partial charge in [0.2, 0.25) is 17.7 Å². The zero-order valence-corrected chi connectivity index (χ0v) is 22.5. The summed E-state index contributed by atoms with van der Waals surface area (Å²) in [5, 5.41) is 28.2. The Morgan fingerprint density at radius 2 is 1.69 bits per heavy atom. The molecule has 1 heterocycles. The topological polar surface area (TPSA) is 228 Å². The Morgan fingerprint density at radius 1 is 1.03 bits per heavy atom. The number of guanidine groups is 1. The molecule has 0 bridgehead atoms. The number of carbonyl (C=O) groups is 4. The van der Waals surface area contributed by atoms with Gasteiger partial charge >= 0.3 is 5.97 Å². The van der Waals surface area contributed by atoms with Crippen LogP contribution < -0.4 is 32.7 Å². The van der Waals surface area contributed by atoms with Gasteiger partial charge < -0.3 is 42.8 Å². The molecule has 39 heavy (non-hydrogen) atoms. The number of carboxylic acids is 1. The van der Waals surface area contributed by atoms with Crippen molar-refractivity contribution in [1.82, 2.24) is 26.3 Å². The molecule has 2 aromatic rings. The first kappa shape index (κ1) is 31.1. The zero-order chi connectivity index (χ0) is 29.1. The van der Waals surface area contributed by atoms with E-state index in [9.17, 15) is 24.3 Å². The van der Waals surface area contributed by atoms with Crippen molar-refractivity contribution in [2.45, 2.75) is 70.6 Å². The molecule has 0 aliphatic heterocycles. The van der Waals surface area contributed by atoms with Gasteiger partial charge in [-0.1, -0.05) is 38.5 Å². The highest BCUT2D eigenvalue weighted by Crippen LogP contribution is 2.19. The molecule has 0 fully saturated rings. The summed E-state index contributed by atoms with van der Waals surface area (Å²) in [5.41, 5.74) is 12.6. The van der Waals surface area contributed by atoms with Crippen LogP contribution in [-0.4, -0.2) is 70.5 Å². The molecule has 2 rings (SSSR count). The molecular formula is C26H40N8O5. The number of hydrogen-bond acceptors (Lipinski definition) is 6. The van der Waals surface area contributed by atoms with Crippen molar-refractivity contribution in [3.05, 3.63) is 36.0 Å². The van der Waals surface area contributed by atoms with E-state index in [1.165, 1.54) is 6.92 Å². The van der Waals surface area contributed by atoms with Gasteiger partial charge in [0.15, 0.2) is 5.96 Å². The summed E-state index contributed by atoms with van der Waals surface area (Å²) in [4.78, 5) is 54.1. The molecule has 13 heteroatoms. The first-order valence-electron chi connectivity index (χ1n) is 13.0. The highest BCUT2D eigenvalue weighted by atomic mass is 16.4. The Labute approximate surface area is 227 Å². The Balaban J connectivity index is 2.21. The number of benzene rings is 1. The van der Waals surface area contributed by atoms with Crippen LogP contribution in [0.2, 0.25) is 0 Å². The molecule has 0 unspecified atom stereocenters. The maximum Gasteiger partial charge on any atom is 0.326 e. The van der Waals surface area contributed by atoms with E-state index in [2.05, 4.69) is 26.3 Å². The highest BCUT2D eigenvalue weighted by molar-refractivity contribution is 5.95. The first-order chi connectivity index (χ1) is 18.4. The summed E-state index contributed by atoms with van der Waals surface area (Å²) >= 11 is 0. The van der Waals surface area contributed by atoms with E-state index >= 15 is 0 Å². The summed E-state index contributed by atoms with van der Waals surface area (Å²) in [6.45, 7) is 5.39. The number of aromatic nitrogens is 1. The SMILES string of the molecule is CC[C@H](C)[C@H](NC(=O)[C@H](Cc1c[nH]c2ccccc12)NC(=O)[C@H](C)N)C(=O)N[C@@H](CCCNC(=N)N)C(=O)O. The molecule has 13 nitrogen and oxygen atoms in total. The Kier molecular flexibility index (Phi) is 11.7. The van der Waals surface area contributed by atoms with E-state index in [4.69, 9.17) is 16.9 Å². The fourth-order valence-corrected chi connectivity index (χ4v) is 4.04. The standard InChI is InChI=1S/C26H40N8O5/c1-4-14(2)21(24(37)32-19(25(38)39)10-7-11-30-26(28)29)34-23(36)20(33-22(35)15(3)27)12-16-13-31-18-9-6-5-8-17(16)18/h5-6,8-9,13-15,19-21,31H,4,7,10-12,27H2,1-3H3,(H,32,37)(H,33,35)(H,34,36)(H,38,39)(H4,28,29,30)/t14-,15-,19-,20-,21-/m0/s1. The average molecular weight is 545 g/mol. The minimum absolute atomic E-state index is 0.0934. The van der Waals surface area contributed by atoms with E-state index in [1.807, 2.05) is 31.2 Å². The third-order valence-corrected chi connectivity index (χ3v) is 6.54. The number of carboxylic acid groups (broad SMARTS) is 1. The first-order valence-corrected chi connectivity index (χ1v) is 13.0. The number of aromatic amines is 1. The fraction of sp³-hybridized carbons (Fsp3) is 0.500. The summed E-state index contributed by atoms with van der Waals surface area (Å²) in [6, 6.07) is 3.41. The van der Waals surface area contributed by atoms with Gasteiger partial charge in [0, 0.05) is 30.1 Å². The fourth-order valence-electron chi connectivity index (χ4n) is 4.04. The quantitative estimate of drug-likeness (QED) is 0.0833. The van der Waals surface area contributed by atoms with Gasteiger partial charge in [0.05, 0.1) is 6.04 Å². The summed E-state index contributed by atoms with van der Waals surface area (Å²) in [6.07, 6.45) is 2.87. The van der Waals surface area contributed by atoms with Crippen LogP contribution in [0.3, 0.4) is 0 Å². The van der Waals surface area contributed by atoms with Crippen LogP contribution in [0, 0.1) is 11.3 Å². The van der Waals surface area contributed by atoms with Crippen LogP contribution in [-0.2, 0) is 25.6 Å². The molecule has 0 radical (unpaired) electrons. The summed E-state index contributed by atoms with van der Waals surface area (Å²) in [7, 11) is 0. The summed E-state index contributed by atoms with van der Waals surface area (Å²) in [5.74, 6) is -3.54. The lowest BCUT2D eigenvalue weighted by Crippen LogP contribution is -2.59. The number of carbonyl (C=O) groups excluding carboxylic acids is 3. The lowest BCUT2D eigenvalue weighted by Gasteiger charge is -2.28. The number of fused-ring (bicyclic) bond motifs is 1. The van der Waals surface area contributed by atoms with Crippen LogP contribution in [0.1, 0.15) is 45.6 Å². The monoisotopic (exact) mass is 544 g/mol. The van der Waals surface area contributed by atoms with Gasteiger partial charge in [-0.25, -0.2) is 4.79 Å². The van der Waals surface area contributed by atoms with E-state index < -0.39 is 47.9 Å². The predicted octanol–water partition coefficient (Wildman–Crippen LogP) is -0.0940. The lowest BCUT2D eigenvalue weighted by atomic mass is 9.96. The van der Waals surface area contributed by atoms with Crippen LogP contribution in [0.5, 0.6) is 0 Å². The molecule has 0 saturated heterocycles. The van der Waals surface area contributed by atoms with Gasteiger partial charge in [-0.05, 0) is 37.3 Å². The Morgan fingerprint density at radius 3 is 2.31 bits per heavy atom. The number of H-pyrrole nitrogens is 1. The zero-order valence-electron chi connectivity index (χ0n) is 22.5. The van der Waals surface area contributed by atoms with E-state index in [0.717, 1.165) is 16.5 Å². The van der Waals surface area contributed by atoms with Crippen molar-refractivity contribution in [2.75, 3.05) is 6.54 Å². The molecule has 3 amide bonds. The van der Waals surface area contributed by atoms with Crippen molar-refractivity contribution in [1.29, 1.82) is 5.41 Å². The smallest absolute Gasteiger partial charge is 0.326 e. The number of nitrogens with two attached hydrogens (primary N) is 2. The normalized spacial score (nSPS) is 14.9. The van der Waals surface area contributed by atoms with Crippen LogP contribution in [0.15, 0.2) is 30.5 Å². The number of para-hydroxylation sites is 1. The maximum absolute atomic E-state index is 13.5. The second-order valence-electron chi connectivity index (χ2n) is 9.67. The van der Waals surface area contributed by atoms with Crippen molar-refractivity contribution in [3.8, 4) is 0 Å². The minimum atomic E-state index is -1.22. The highest BCUT2D eigenvalue weighted by Gasteiger charge is 2.32. The van der Waals surface area contributed by atoms with Gasteiger partial charge in [-0.2, -0.15) is 0 Å². The predicted molar refractivity (Wildman–Crippen MR) is 148 cm³/mol. The van der Waals surface area contributed by atoms with Crippen molar-refractivity contribution >= 4 is 40.6 Å². The molecule has 214 valence electrons. The minimum Gasteiger partial charge on any atom is -0.480 e. The van der Waals surface area contributed by atoms with E-state index in [1.54, 1.807) is 13.1 Å². The van der Waals surface area contributed by atoms with Crippen molar-refractivity contribution in [2.24, 2.45) is 17.4 Å². The largest absolute Gasteiger partial charge is 0.480 e.